The van der Waals surface area contributed by atoms with Crippen LogP contribution in [-0.2, 0) is 33.3 Å². The molecule has 2 aromatic carbocycles. The third-order valence-electron chi connectivity index (χ3n) is 5.57. The number of benzene rings is 2. The number of hydrogen-bond acceptors (Lipinski definition) is 10. The van der Waals surface area contributed by atoms with Gasteiger partial charge in [-0.1, -0.05) is 36.4 Å². The Balaban J connectivity index is 1.74. The maximum Gasteiger partial charge on any atom is 0.303 e. The summed E-state index contributed by atoms with van der Waals surface area (Å²) in [7, 11) is 0. The maximum absolute atomic E-state index is 12.1. The lowest BCUT2D eigenvalue weighted by molar-refractivity contribution is -0.236. The third kappa shape index (κ3) is 5.44. The highest BCUT2D eigenvalue weighted by Gasteiger charge is 2.52. The molecule has 35 heavy (non-hydrogen) atoms. The Bertz CT molecular complexity index is 1060. The molecule has 0 amide bonds. The summed E-state index contributed by atoms with van der Waals surface area (Å²) in [4.78, 5) is 35.8. The Morgan fingerprint density at radius 1 is 0.800 bits per heavy atom. The fourth-order valence-electron chi connectivity index (χ4n) is 4.26. The van der Waals surface area contributed by atoms with Crippen LogP contribution in [0.2, 0.25) is 0 Å². The van der Waals surface area contributed by atoms with Crippen LogP contribution in [0.3, 0.4) is 0 Å². The van der Waals surface area contributed by atoms with Gasteiger partial charge in [0, 0.05) is 31.9 Å². The maximum atomic E-state index is 12.1. The lowest BCUT2D eigenvalue weighted by atomic mass is 9.99. The first-order valence-corrected chi connectivity index (χ1v) is 12.0. The minimum Gasteiger partial charge on any atom is -0.457 e. The minimum absolute atomic E-state index is 0.290. The van der Waals surface area contributed by atoms with E-state index in [0.29, 0.717) is 11.5 Å². The summed E-state index contributed by atoms with van der Waals surface area (Å²) >= 11 is 1.33. The van der Waals surface area contributed by atoms with Gasteiger partial charge in [-0.05, 0) is 12.1 Å². The van der Waals surface area contributed by atoms with Crippen molar-refractivity contribution in [3.8, 4) is 11.5 Å². The van der Waals surface area contributed by atoms with Crippen LogP contribution in [0.1, 0.15) is 37.1 Å². The van der Waals surface area contributed by atoms with E-state index in [2.05, 4.69) is 0 Å². The van der Waals surface area contributed by atoms with E-state index in [0.717, 1.165) is 11.1 Å². The third-order valence-corrected chi connectivity index (χ3v) is 7.00. The lowest BCUT2D eigenvalue weighted by Gasteiger charge is -2.45. The van der Waals surface area contributed by atoms with Crippen molar-refractivity contribution in [3.63, 3.8) is 0 Å². The molecule has 10 heteroatoms. The highest BCUT2D eigenvalue weighted by atomic mass is 32.2. The Hall–Kier alpha value is -3.08. The highest BCUT2D eigenvalue weighted by Crippen LogP contribution is 2.52. The molecule has 0 aliphatic carbocycles. The van der Waals surface area contributed by atoms with Gasteiger partial charge in [0.25, 0.3) is 0 Å². The first kappa shape index (κ1) is 25.0. The summed E-state index contributed by atoms with van der Waals surface area (Å²) in [5, 5.41) is 9.75. The molecule has 0 unspecified atom stereocenters. The zero-order valence-electron chi connectivity index (χ0n) is 19.4. The van der Waals surface area contributed by atoms with Gasteiger partial charge in [0.2, 0.25) is 0 Å². The second kappa shape index (κ2) is 10.7. The normalized spacial score (nSPS) is 25.4. The summed E-state index contributed by atoms with van der Waals surface area (Å²) < 4.78 is 28.6. The second-order valence-corrected chi connectivity index (χ2v) is 9.35. The van der Waals surface area contributed by atoms with Crippen molar-refractivity contribution in [1.82, 2.24) is 0 Å². The number of fused-ring (bicyclic) bond motifs is 2. The van der Waals surface area contributed by atoms with Gasteiger partial charge in [0.1, 0.15) is 23.0 Å². The number of aliphatic hydroxyl groups is 1. The Kier molecular flexibility index (Phi) is 7.63. The number of carbonyl (C=O) groups is 3. The van der Waals surface area contributed by atoms with Gasteiger partial charge in [-0.3, -0.25) is 14.4 Å². The van der Waals surface area contributed by atoms with E-state index in [9.17, 15) is 19.5 Å². The quantitative estimate of drug-likeness (QED) is 0.466. The smallest absolute Gasteiger partial charge is 0.303 e. The largest absolute Gasteiger partial charge is 0.457 e. The summed E-state index contributed by atoms with van der Waals surface area (Å²) in [6, 6.07) is 15.1. The number of carbonyl (C=O) groups excluding carboxylic acids is 3. The van der Waals surface area contributed by atoms with Crippen LogP contribution >= 0.6 is 11.8 Å². The number of para-hydroxylation sites is 2. The average Bonchev–Trinajstić information content (AvgIpc) is 2.81. The van der Waals surface area contributed by atoms with Crippen molar-refractivity contribution in [2.45, 2.75) is 55.9 Å². The van der Waals surface area contributed by atoms with E-state index >= 15 is 0 Å². The molecule has 9 nitrogen and oxygen atoms in total. The molecule has 5 atom stereocenters. The molecular formula is C25H26O9S. The molecule has 2 aliphatic rings. The molecule has 0 bridgehead atoms. The second-order valence-electron chi connectivity index (χ2n) is 8.14. The summed E-state index contributed by atoms with van der Waals surface area (Å²) in [5.41, 5.74) is 0.887. The Morgan fingerprint density at radius 3 is 1.80 bits per heavy atom. The van der Waals surface area contributed by atoms with Crippen LogP contribution in [0.25, 0.3) is 0 Å². The zero-order chi connectivity index (χ0) is 25.1. The number of rotatable bonds is 6. The monoisotopic (exact) mass is 502 g/mol. The Morgan fingerprint density at radius 2 is 1.29 bits per heavy atom. The summed E-state index contributed by atoms with van der Waals surface area (Å²) in [6.07, 6.45) is -4.49. The molecular weight excluding hydrogens is 476 g/mol. The average molecular weight is 503 g/mol. The van der Waals surface area contributed by atoms with Crippen LogP contribution < -0.4 is 4.74 Å². The fraction of sp³-hybridized carbons (Fsp3) is 0.400. The van der Waals surface area contributed by atoms with E-state index in [-0.39, 0.29) is 5.25 Å². The number of ether oxygens (including phenoxy) is 5. The van der Waals surface area contributed by atoms with Crippen molar-refractivity contribution in [2.24, 2.45) is 0 Å². The predicted octanol–water partition coefficient (Wildman–Crippen LogP) is 3.13. The van der Waals surface area contributed by atoms with Gasteiger partial charge >= 0.3 is 17.9 Å². The van der Waals surface area contributed by atoms with E-state index in [1.54, 1.807) is 0 Å². The molecule has 2 aliphatic heterocycles. The number of aliphatic hydroxyl groups excluding tert-OH is 1. The summed E-state index contributed by atoms with van der Waals surface area (Å²) in [6.45, 7) is 3.11. The van der Waals surface area contributed by atoms with Gasteiger partial charge in [-0.2, -0.15) is 0 Å². The molecule has 0 radical (unpaired) electrons. The number of thioether (sulfide) groups is 1. The van der Waals surface area contributed by atoms with E-state index < -0.39 is 54.4 Å². The summed E-state index contributed by atoms with van der Waals surface area (Å²) in [5.74, 6) is -0.589. The van der Waals surface area contributed by atoms with Crippen molar-refractivity contribution in [2.75, 3.05) is 6.61 Å². The van der Waals surface area contributed by atoms with Crippen LogP contribution in [0.15, 0.2) is 48.5 Å². The van der Waals surface area contributed by atoms with Gasteiger partial charge in [0.15, 0.2) is 18.3 Å². The van der Waals surface area contributed by atoms with Gasteiger partial charge in [0.05, 0.1) is 11.9 Å². The highest BCUT2D eigenvalue weighted by molar-refractivity contribution is 8.00. The van der Waals surface area contributed by atoms with E-state index in [1.165, 1.54) is 32.5 Å². The topological polar surface area (TPSA) is 118 Å². The molecule has 2 heterocycles. The lowest BCUT2D eigenvalue weighted by Crippen LogP contribution is -2.61. The molecule has 1 N–H and O–H groups in total. The molecule has 1 saturated heterocycles. The minimum atomic E-state index is -1.19. The first-order chi connectivity index (χ1) is 16.8. The first-order valence-electron chi connectivity index (χ1n) is 11.1. The molecule has 2 aromatic rings. The SMILES string of the molecule is CC(=O)O[C@@H]1[C@@H](OC(C)=O)[C@@H](SC2c3ccccc3Oc3ccccc32)O[C@H](CO)[C@H]1OC(C)=O. The molecule has 4 rings (SSSR count). The predicted molar refractivity (Wildman–Crippen MR) is 125 cm³/mol. The van der Waals surface area contributed by atoms with Crippen LogP contribution in [0, 0.1) is 0 Å². The number of esters is 3. The van der Waals surface area contributed by atoms with Crippen LogP contribution in [-0.4, -0.2) is 59.5 Å². The molecule has 0 spiro atoms. The van der Waals surface area contributed by atoms with Crippen molar-refractivity contribution in [1.29, 1.82) is 0 Å². The van der Waals surface area contributed by atoms with E-state index in [4.69, 9.17) is 23.7 Å². The molecule has 1 fully saturated rings. The standard InChI is InChI=1S/C25H26O9S/c1-13(27)30-21-20(12-26)34-25(23(32-15(3)29)22(21)31-14(2)28)35-24-16-8-4-6-10-18(16)33-19-11-7-5-9-17(19)24/h4-11,20-26H,12H2,1-3H3/t20-,21-,22+,23-,25-/m1/s1. The van der Waals surface area contributed by atoms with E-state index in [1.807, 2.05) is 48.5 Å². The van der Waals surface area contributed by atoms with Gasteiger partial charge in [-0.25, -0.2) is 0 Å². The van der Waals surface area contributed by atoms with Gasteiger partial charge in [-0.15, -0.1) is 11.8 Å². The van der Waals surface area contributed by atoms with Crippen molar-refractivity contribution in [3.05, 3.63) is 59.7 Å². The molecule has 0 saturated carbocycles. The zero-order valence-corrected chi connectivity index (χ0v) is 20.2. The van der Waals surface area contributed by atoms with Crippen LogP contribution in [0.5, 0.6) is 11.5 Å². The molecule has 0 aromatic heterocycles. The van der Waals surface area contributed by atoms with Gasteiger partial charge < -0.3 is 28.8 Å². The van der Waals surface area contributed by atoms with Crippen molar-refractivity contribution >= 4 is 29.7 Å². The van der Waals surface area contributed by atoms with Crippen molar-refractivity contribution < 1.29 is 43.2 Å². The molecule has 186 valence electrons. The Labute approximate surface area is 206 Å². The van der Waals surface area contributed by atoms with Crippen LogP contribution in [0.4, 0.5) is 0 Å². The number of hydrogen-bond donors (Lipinski definition) is 1. The fourth-order valence-corrected chi connectivity index (χ4v) is 5.78.